The molecule has 0 unspecified atom stereocenters. The van der Waals surface area contributed by atoms with Crippen molar-refractivity contribution in [1.82, 2.24) is 4.72 Å². The molecular formula is C13H15NO4S. The van der Waals surface area contributed by atoms with Crippen LogP contribution in [0.4, 0.5) is 0 Å². The van der Waals surface area contributed by atoms with Gasteiger partial charge in [0.1, 0.15) is 0 Å². The molecule has 0 amide bonds. The van der Waals surface area contributed by atoms with Gasteiger partial charge < -0.3 is 5.11 Å². The first-order valence-electron chi connectivity index (χ1n) is 5.47. The van der Waals surface area contributed by atoms with Crippen LogP contribution < -0.4 is 4.72 Å². The fraction of sp³-hybridized carbons (Fsp3) is 0.308. The molecule has 0 heterocycles. The Morgan fingerprint density at radius 1 is 1.47 bits per heavy atom. The summed E-state index contributed by atoms with van der Waals surface area (Å²) >= 11 is 0. The van der Waals surface area contributed by atoms with E-state index in [0.717, 1.165) is 0 Å². The van der Waals surface area contributed by atoms with Gasteiger partial charge in [0.15, 0.2) is 0 Å². The SMILES string of the molecule is C#CC(C)(C)NS(=O)(=O)Cc1cccc(C(=O)O)c1. The maximum absolute atomic E-state index is 11.9. The van der Waals surface area contributed by atoms with E-state index in [4.69, 9.17) is 11.5 Å². The first kappa shape index (κ1) is 15.2. The van der Waals surface area contributed by atoms with E-state index in [0.29, 0.717) is 5.56 Å². The molecule has 1 rings (SSSR count). The van der Waals surface area contributed by atoms with E-state index in [2.05, 4.69) is 10.6 Å². The molecule has 5 nitrogen and oxygen atoms in total. The zero-order chi connectivity index (χ0) is 14.7. The lowest BCUT2D eigenvalue weighted by Crippen LogP contribution is -2.42. The van der Waals surface area contributed by atoms with Crippen LogP contribution in [-0.4, -0.2) is 25.0 Å². The number of aromatic carboxylic acids is 1. The van der Waals surface area contributed by atoms with Crippen molar-refractivity contribution in [2.45, 2.75) is 25.1 Å². The van der Waals surface area contributed by atoms with Gasteiger partial charge in [-0.25, -0.2) is 13.2 Å². The van der Waals surface area contributed by atoms with Gasteiger partial charge in [0.2, 0.25) is 10.0 Å². The molecule has 0 aromatic heterocycles. The van der Waals surface area contributed by atoms with Gasteiger partial charge in [0, 0.05) is 0 Å². The summed E-state index contributed by atoms with van der Waals surface area (Å²) in [6, 6.07) is 5.77. The molecule has 0 fully saturated rings. The molecule has 0 aliphatic heterocycles. The zero-order valence-corrected chi connectivity index (χ0v) is 11.5. The Morgan fingerprint density at radius 3 is 2.63 bits per heavy atom. The number of nitrogens with one attached hydrogen (secondary N) is 1. The van der Waals surface area contributed by atoms with Crippen LogP contribution in [0.5, 0.6) is 0 Å². The number of carboxylic acid groups (broad SMARTS) is 1. The lowest BCUT2D eigenvalue weighted by Gasteiger charge is -2.19. The number of hydrogen-bond donors (Lipinski definition) is 2. The molecule has 1 aromatic rings. The van der Waals surface area contributed by atoms with Gasteiger partial charge in [-0.15, -0.1) is 6.42 Å². The molecule has 1 aromatic carbocycles. The summed E-state index contributed by atoms with van der Waals surface area (Å²) in [4.78, 5) is 10.8. The number of hydrogen-bond acceptors (Lipinski definition) is 3. The van der Waals surface area contributed by atoms with E-state index in [-0.39, 0.29) is 11.3 Å². The van der Waals surface area contributed by atoms with Crippen LogP contribution in [0.1, 0.15) is 29.8 Å². The molecule has 0 saturated carbocycles. The van der Waals surface area contributed by atoms with Crippen LogP contribution in [0.3, 0.4) is 0 Å². The molecule has 6 heteroatoms. The number of carbonyl (C=O) groups is 1. The van der Waals surface area contributed by atoms with E-state index < -0.39 is 21.5 Å². The summed E-state index contributed by atoms with van der Waals surface area (Å²) in [5.74, 6) is 0.907. The molecule has 0 saturated heterocycles. The molecule has 0 aliphatic carbocycles. The third-order valence-electron chi connectivity index (χ3n) is 2.30. The van der Waals surface area contributed by atoms with Gasteiger partial charge in [-0.3, -0.25) is 0 Å². The highest BCUT2D eigenvalue weighted by molar-refractivity contribution is 7.88. The zero-order valence-electron chi connectivity index (χ0n) is 10.7. The van der Waals surface area contributed by atoms with Crippen LogP contribution in [-0.2, 0) is 15.8 Å². The minimum Gasteiger partial charge on any atom is -0.478 e. The summed E-state index contributed by atoms with van der Waals surface area (Å²) in [5, 5.41) is 8.84. The van der Waals surface area contributed by atoms with Crippen molar-refractivity contribution >= 4 is 16.0 Å². The number of carboxylic acids is 1. The van der Waals surface area contributed by atoms with Gasteiger partial charge in [0.05, 0.1) is 16.9 Å². The van der Waals surface area contributed by atoms with Crippen molar-refractivity contribution in [3.05, 3.63) is 35.4 Å². The minimum atomic E-state index is -3.63. The van der Waals surface area contributed by atoms with Crippen LogP contribution in [0.15, 0.2) is 24.3 Å². The Hall–Kier alpha value is -1.84. The highest BCUT2D eigenvalue weighted by Crippen LogP contribution is 2.11. The van der Waals surface area contributed by atoms with Crippen LogP contribution in [0, 0.1) is 12.3 Å². The normalized spacial score (nSPS) is 11.8. The van der Waals surface area contributed by atoms with E-state index in [1.54, 1.807) is 19.9 Å². The second kappa shape index (κ2) is 5.43. The molecule has 2 N–H and O–H groups in total. The Kier molecular flexibility index (Phi) is 4.35. The standard InChI is InChI=1S/C13H15NO4S/c1-4-13(2,3)14-19(17,18)9-10-6-5-7-11(8-10)12(15)16/h1,5-8,14H,9H2,2-3H3,(H,15,16). The second-order valence-electron chi connectivity index (χ2n) is 4.64. The number of terminal acetylenes is 1. The summed E-state index contributed by atoms with van der Waals surface area (Å²) in [6.45, 7) is 3.14. The lowest BCUT2D eigenvalue weighted by atomic mass is 10.1. The van der Waals surface area contributed by atoms with Gasteiger partial charge in [0.25, 0.3) is 0 Å². The molecule has 0 aliphatic rings. The Bertz CT molecular complexity index is 626. The quantitative estimate of drug-likeness (QED) is 0.795. The molecule has 0 bridgehead atoms. The first-order chi connectivity index (χ1) is 8.65. The summed E-state index contributed by atoms with van der Waals surface area (Å²) in [5.41, 5.74) is -0.549. The third-order valence-corrected chi connectivity index (χ3v) is 3.84. The third kappa shape index (κ3) is 4.73. The summed E-state index contributed by atoms with van der Waals surface area (Å²) < 4.78 is 26.2. The summed E-state index contributed by atoms with van der Waals surface area (Å²) in [7, 11) is -3.63. The smallest absolute Gasteiger partial charge is 0.335 e. The Labute approximate surface area is 112 Å². The molecule has 0 spiro atoms. The van der Waals surface area contributed by atoms with E-state index in [9.17, 15) is 13.2 Å². The predicted molar refractivity (Wildman–Crippen MR) is 72.1 cm³/mol. The van der Waals surface area contributed by atoms with Crippen molar-refractivity contribution in [3.63, 3.8) is 0 Å². The van der Waals surface area contributed by atoms with Crippen LogP contribution in [0.2, 0.25) is 0 Å². The number of sulfonamides is 1. The van der Waals surface area contributed by atoms with Gasteiger partial charge in [-0.05, 0) is 31.5 Å². The summed E-state index contributed by atoms with van der Waals surface area (Å²) in [6.07, 6.45) is 5.22. The molecular weight excluding hydrogens is 266 g/mol. The lowest BCUT2D eigenvalue weighted by molar-refractivity contribution is 0.0696. The van der Waals surface area contributed by atoms with Gasteiger partial charge in [-0.2, -0.15) is 4.72 Å². The second-order valence-corrected chi connectivity index (χ2v) is 6.36. The topological polar surface area (TPSA) is 83.5 Å². The van der Waals surface area contributed by atoms with Crippen molar-refractivity contribution in [1.29, 1.82) is 0 Å². The Balaban J connectivity index is 2.94. The van der Waals surface area contributed by atoms with Crippen molar-refractivity contribution in [3.8, 4) is 12.3 Å². The fourth-order valence-corrected chi connectivity index (χ4v) is 2.99. The maximum Gasteiger partial charge on any atom is 0.335 e. The Morgan fingerprint density at radius 2 is 2.11 bits per heavy atom. The molecule has 102 valence electrons. The van der Waals surface area contributed by atoms with Crippen molar-refractivity contribution < 1.29 is 18.3 Å². The average molecular weight is 281 g/mol. The predicted octanol–water partition coefficient (Wildman–Crippen LogP) is 1.22. The highest BCUT2D eigenvalue weighted by Gasteiger charge is 2.22. The maximum atomic E-state index is 11.9. The largest absolute Gasteiger partial charge is 0.478 e. The molecule has 0 atom stereocenters. The number of benzene rings is 1. The molecule has 0 radical (unpaired) electrons. The van der Waals surface area contributed by atoms with E-state index in [1.807, 2.05) is 0 Å². The fourth-order valence-electron chi connectivity index (χ4n) is 1.47. The van der Waals surface area contributed by atoms with Crippen molar-refractivity contribution in [2.24, 2.45) is 0 Å². The van der Waals surface area contributed by atoms with Crippen LogP contribution in [0.25, 0.3) is 0 Å². The minimum absolute atomic E-state index is 0.0453. The molecule has 19 heavy (non-hydrogen) atoms. The van der Waals surface area contributed by atoms with E-state index in [1.165, 1.54) is 18.2 Å². The highest BCUT2D eigenvalue weighted by atomic mass is 32.2. The van der Waals surface area contributed by atoms with Crippen LogP contribution >= 0.6 is 0 Å². The number of rotatable bonds is 5. The van der Waals surface area contributed by atoms with Gasteiger partial charge >= 0.3 is 5.97 Å². The first-order valence-corrected chi connectivity index (χ1v) is 7.12. The average Bonchev–Trinajstić information content (AvgIpc) is 2.27. The van der Waals surface area contributed by atoms with E-state index >= 15 is 0 Å². The van der Waals surface area contributed by atoms with Gasteiger partial charge in [-0.1, -0.05) is 18.1 Å². The van der Waals surface area contributed by atoms with Crippen molar-refractivity contribution in [2.75, 3.05) is 0 Å². The monoisotopic (exact) mass is 281 g/mol.